The van der Waals surface area contributed by atoms with Gasteiger partial charge in [0.1, 0.15) is 11.5 Å². The first-order valence-corrected chi connectivity index (χ1v) is 6.71. The molecule has 0 aromatic carbocycles. The van der Waals surface area contributed by atoms with Gasteiger partial charge in [0.05, 0.1) is 12.5 Å². The Bertz CT molecular complexity index is 399. The van der Waals surface area contributed by atoms with Crippen LogP contribution in [-0.2, 0) is 17.8 Å². The van der Waals surface area contributed by atoms with Crippen molar-refractivity contribution in [1.82, 2.24) is 5.32 Å². The van der Waals surface area contributed by atoms with Crippen LogP contribution < -0.4 is 5.32 Å². The summed E-state index contributed by atoms with van der Waals surface area (Å²) in [5.41, 5.74) is 0. The molecule has 1 aromatic heterocycles. The molecule has 0 bridgehead atoms. The van der Waals surface area contributed by atoms with Gasteiger partial charge < -0.3 is 14.8 Å². The van der Waals surface area contributed by atoms with E-state index in [0.717, 1.165) is 43.7 Å². The third-order valence-electron chi connectivity index (χ3n) is 3.75. The zero-order valence-corrected chi connectivity index (χ0v) is 10.8. The zero-order valence-electron chi connectivity index (χ0n) is 10.8. The van der Waals surface area contributed by atoms with Gasteiger partial charge >= 0.3 is 5.97 Å². The molecular formula is C14H21NO3. The second-order valence-electron chi connectivity index (χ2n) is 4.99. The van der Waals surface area contributed by atoms with E-state index in [-0.39, 0.29) is 11.8 Å². The molecule has 2 rings (SSSR count). The Morgan fingerprint density at radius 3 is 2.89 bits per heavy atom. The number of rotatable bonds is 6. The monoisotopic (exact) mass is 251 g/mol. The highest BCUT2D eigenvalue weighted by atomic mass is 16.4. The highest BCUT2D eigenvalue weighted by Crippen LogP contribution is 2.31. The number of furan rings is 1. The van der Waals surface area contributed by atoms with E-state index in [9.17, 15) is 4.79 Å². The minimum absolute atomic E-state index is 0.166. The molecule has 0 amide bonds. The molecule has 0 radical (unpaired) electrons. The lowest BCUT2D eigenvalue weighted by atomic mass is 9.96. The molecule has 0 aliphatic heterocycles. The lowest BCUT2D eigenvalue weighted by Crippen LogP contribution is -2.28. The first kappa shape index (κ1) is 13.1. The lowest BCUT2D eigenvalue weighted by molar-refractivity contribution is -0.142. The summed E-state index contributed by atoms with van der Waals surface area (Å²) in [7, 11) is 0. The van der Waals surface area contributed by atoms with Crippen LogP contribution in [0, 0.1) is 11.8 Å². The molecule has 4 heteroatoms. The summed E-state index contributed by atoms with van der Waals surface area (Å²) >= 11 is 0. The molecule has 0 saturated heterocycles. The van der Waals surface area contributed by atoms with Crippen LogP contribution in [0.4, 0.5) is 0 Å². The average molecular weight is 251 g/mol. The fourth-order valence-electron chi connectivity index (χ4n) is 2.69. The van der Waals surface area contributed by atoms with Gasteiger partial charge in [0, 0.05) is 6.42 Å². The van der Waals surface area contributed by atoms with Gasteiger partial charge in [0.25, 0.3) is 0 Å². The van der Waals surface area contributed by atoms with E-state index in [0.29, 0.717) is 6.54 Å². The number of carboxylic acids is 1. The molecule has 100 valence electrons. The quantitative estimate of drug-likeness (QED) is 0.815. The van der Waals surface area contributed by atoms with Crippen molar-refractivity contribution < 1.29 is 14.3 Å². The number of carbonyl (C=O) groups is 1. The van der Waals surface area contributed by atoms with Crippen LogP contribution in [0.25, 0.3) is 0 Å². The Balaban J connectivity index is 1.76. The lowest BCUT2D eigenvalue weighted by Gasteiger charge is -2.15. The highest BCUT2D eigenvalue weighted by molar-refractivity contribution is 5.70. The van der Waals surface area contributed by atoms with Crippen LogP contribution in [-0.4, -0.2) is 17.6 Å². The summed E-state index contributed by atoms with van der Waals surface area (Å²) in [5, 5.41) is 12.4. The predicted molar refractivity (Wildman–Crippen MR) is 68.3 cm³/mol. The molecule has 1 aromatic rings. The molecular weight excluding hydrogens is 230 g/mol. The van der Waals surface area contributed by atoms with Gasteiger partial charge in [0.15, 0.2) is 0 Å². The summed E-state index contributed by atoms with van der Waals surface area (Å²) in [6.45, 7) is 3.51. The maximum absolute atomic E-state index is 11.0. The summed E-state index contributed by atoms with van der Waals surface area (Å²) in [5.74, 6) is 1.38. The van der Waals surface area contributed by atoms with E-state index in [2.05, 4.69) is 12.2 Å². The fraction of sp³-hybridized carbons (Fsp3) is 0.643. The average Bonchev–Trinajstić information content (AvgIpc) is 2.97. The second-order valence-corrected chi connectivity index (χ2v) is 4.99. The third-order valence-corrected chi connectivity index (χ3v) is 3.75. The number of carboxylic acid groups (broad SMARTS) is 1. The van der Waals surface area contributed by atoms with E-state index in [1.54, 1.807) is 0 Å². The Labute approximate surface area is 107 Å². The van der Waals surface area contributed by atoms with Gasteiger partial charge in [-0.1, -0.05) is 13.3 Å². The van der Waals surface area contributed by atoms with Crippen molar-refractivity contribution in [3.8, 4) is 0 Å². The number of aryl methyl sites for hydroxylation is 1. The molecule has 4 nitrogen and oxygen atoms in total. The second kappa shape index (κ2) is 6.05. The summed E-state index contributed by atoms with van der Waals surface area (Å²) < 4.78 is 5.59. The van der Waals surface area contributed by atoms with E-state index in [1.165, 1.54) is 0 Å². The van der Waals surface area contributed by atoms with Crippen molar-refractivity contribution in [3.05, 3.63) is 23.7 Å². The Kier molecular flexibility index (Phi) is 4.42. The largest absolute Gasteiger partial charge is 0.481 e. The number of nitrogens with one attached hydrogen (secondary N) is 1. The van der Waals surface area contributed by atoms with E-state index < -0.39 is 5.97 Å². The van der Waals surface area contributed by atoms with Gasteiger partial charge in [-0.25, -0.2) is 0 Å². The smallest absolute Gasteiger partial charge is 0.306 e. The highest BCUT2D eigenvalue weighted by Gasteiger charge is 2.32. The summed E-state index contributed by atoms with van der Waals surface area (Å²) in [6, 6.07) is 3.97. The van der Waals surface area contributed by atoms with Crippen molar-refractivity contribution in [2.45, 2.75) is 39.2 Å². The molecule has 2 unspecified atom stereocenters. The predicted octanol–water partition coefficient (Wildman–Crippen LogP) is 2.43. The molecule has 1 aliphatic rings. The van der Waals surface area contributed by atoms with E-state index >= 15 is 0 Å². The van der Waals surface area contributed by atoms with Gasteiger partial charge in [-0.05, 0) is 37.4 Å². The normalized spacial score (nSPS) is 23.4. The molecule has 0 spiro atoms. The van der Waals surface area contributed by atoms with Crippen molar-refractivity contribution in [3.63, 3.8) is 0 Å². The third kappa shape index (κ3) is 3.13. The first-order valence-electron chi connectivity index (χ1n) is 6.71. The molecule has 1 heterocycles. The Morgan fingerprint density at radius 1 is 1.44 bits per heavy atom. The Hall–Kier alpha value is -1.29. The van der Waals surface area contributed by atoms with Crippen LogP contribution in [0.3, 0.4) is 0 Å². The van der Waals surface area contributed by atoms with Crippen molar-refractivity contribution in [1.29, 1.82) is 0 Å². The van der Waals surface area contributed by atoms with Crippen LogP contribution in [0.15, 0.2) is 16.5 Å². The van der Waals surface area contributed by atoms with Gasteiger partial charge in [0.2, 0.25) is 0 Å². The van der Waals surface area contributed by atoms with Crippen LogP contribution in [0.2, 0.25) is 0 Å². The van der Waals surface area contributed by atoms with E-state index in [4.69, 9.17) is 9.52 Å². The SMILES string of the molecule is CCc1ccc(CNCC2CCCC2C(=O)O)o1. The first-order chi connectivity index (χ1) is 8.70. The van der Waals surface area contributed by atoms with Crippen LogP contribution in [0.5, 0.6) is 0 Å². The van der Waals surface area contributed by atoms with Crippen molar-refractivity contribution in [2.75, 3.05) is 6.54 Å². The van der Waals surface area contributed by atoms with E-state index in [1.807, 2.05) is 12.1 Å². The Morgan fingerprint density at radius 2 is 2.22 bits per heavy atom. The summed E-state index contributed by atoms with van der Waals surface area (Å²) in [4.78, 5) is 11.0. The fourth-order valence-corrected chi connectivity index (χ4v) is 2.69. The van der Waals surface area contributed by atoms with Crippen LogP contribution >= 0.6 is 0 Å². The molecule has 1 aliphatic carbocycles. The molecule has 1 fully saturated rings. The number of hydrogen-bond acceptors (Lipinski definition) is 3. The maximum Gasteiger partial charge on any atom is 0.306 e. The summed E-state index contributed by atoms with van der Waals surface area (Å²) in [6.07, 6.45) is 3.78. The standard InChI is InChI=1S/C14H21NO3/c1-2-11-6-7-12(18-11)9-15-8-10-4-3-5-13(10)14(16)17/h6-7,10,13,15H,2-5,8-9H2,1H3,(H,16,17). The van der Waals surface area contributed by atoms with Gasteiger partial charge in [-0.2, -0.15) is 0 Å². The van der Waals surface area contributed by atoms with Crippen LogP contribution in [0.1, 0.15) is 37.7 Å². The molecule has 2 N–H and O–H groups in total. The number of aliphatic carboxylic acids is 1. The van der Waals surface area contributed by atoms with Crippen molar-refractivity contribution >= 4 is 5.97 Å². The topological polar surface area (TPSA) is 62.5 Å². The van der Waals surface area contributed by atoms with Gasteiger partial charge in [-0.15, -0.1) is 0 Å². The minimum Gasteiger partial charge on any atom is -0.481 e. The van der Waals surface area contributed by atoms with Crippen molar-refractivity contribution in [2.24, 2.45) is 11.8 Å². The number of hydrogen-bond donors (Lipinski definition) is 2. The molecule has 18 heavy (non-hydrogen) atoms. The molecule has 1 saturated carbocycles. The van der Waals surface area contributed by atoms with Gasteiger partial charge in [-0.3, -0.25) is 4.79 Å². The zero-order chi connectivity index (χ0) is 13.0. The molecule has 2 atom stereocenters. The minimum atomic E-state index is -0.648. The maximum atomic E-state index is 11.0.